The van der Waals surface area contributed by atoms with Crippen LogP contribution in [-0.4, -0.2) is 12.4 Å². The van der Waals surface area contributed by atoms with Gasteiger partial charge < -0.3 is 4.74 Å². The lowest BCUT2D eigenvalue weighted by atomic mass is 10.0. The fourth-order valence-electron chi connectivity index (χ4n) is 2.44. The molecule has 0 radical (unpaired) electrons. The molecule has 0 spiro atoms. The topological polar surface area (TPSA) is 9.23 Å². The number of aryl methyl sites for hydroxylation is 2. The minimum Gasteiger partial charge on any atom is -0.489 e. The number of rotatable bonds is 3. The van der Waals surface area contributed by atoms with E-state index in [0.717, 1.165) is 11.5 Å². The second-order valence-electron chi connectivity index (χ2n) is 5.05. The Labute approximate surface area is 124 Å². The zero-order chi connectivity index (χ0) is 13.9. The van der Waals surface area contributed by atoms with E-state index in [2.05, 4.69) is 62.4 Å². The summed E-state index contributed by atoms with van der Waals surface area (Å²) in [6.45, 7) is 4.95. The van der Waals surface area contributed by atoms with E-state index in [4.69, 9.17) is 4.74 Å². The number of hydrogen-bond acceptors (Lipinski definition) is 2. The molecule has 0 N–H and O–H groups in total. The summed E-state index contributed by atoms with van der Waals surface area (Å²) in [5.74, 6) is 2.04. The number of para-hydroxylation sites is 1. The van der Waals surface area contributed by atoms with Crippen molar-refractivity contribution in [2.75, 3.05) is 12.4 Å². The smallest absolute Gasteiger partial charge is 0.130 e. The Morgan fingerprint density at radius 3 is 2.65 bits per heavy atom. The van der Waals surface area contributed by atoms with E-state index < -0.39 is 0 Å². The second kappa shape index (κ2) is 5.76. The average Bonchev–Trinajstić information content (AvgIpc) is 2.47. The Morgan fingerprint density at radius 1 is 1.00 bits per heavy atom. The lowest BCUT2D eigenvalue weighted by Crippen LogP contribution is -2.07. The number of hydrogen-bond donors (Lipinski definition) is 0. The number of fused-ring (bicyclic) bond motifs is 1. The van der Waals surface area contributed by atoms with Crippen molar-refractivity contribution in [2.24, 2.45) is 0 Å². The Hall–Kier alpha value is -1.67. The van der Waals surface area contributed by atoms with Crippen LogP contribution in [0, 0.1) is 13.8 Å². The molecule has 102 valence electrons. The van der Waals surface area contributed by atoms with Crippen molar-refractivity contribution >= 4 is 17.3 Å². The first-order valence-corrected chi connectivity index (χ1v) is 7.84. The van der Waals surface area contributed by atoms with Crippen molar-refractivity contribution in [1.29, 1.82) is 0 Å². The maximum Gasteiger partial charge on any atom is 0.130 e. The van der Waals surface area contributed by atoms with Crippen molar-refractivity contribution < 1.29 is 4.74 Å². The quantitative estimate of drug-likeness (QED) is 0.743. The fourth-order valence-corrected chi connectivity index (χ4v) is 3.50. The highest BCUT2D eigenvalue weighted by Crippen LogP contribution is 2.36. The molecular formula is C18H18OS. The normalized spacial score (nSPS) is 13.4. The highest BCUT2D eigenvalue weighted by Gasteiger charge is 2.15. The van der Waals surface area contributed by atoms with Crippen LogP contribution in [0.2, 0.25) is 0 Å². The van der Waals surface area contributed by atoms with Crippen LogP contribution >= 0.6 is 11.8 Å². The average molecular weight is 282 g/mol. The first-order chi connectivity index (χ1) is 9.75. The maximum atomic E-state index is 5.77. The van der Waals surface area contributed by atoms with Gasteiger partial charge in [0.2, 0.25) is 0 Å². The van der Waals surface area contributed by atoms with E-state index in [1.165, 1.54) is 27.2 Å². The van der Waals surface area contributed by atoms with E-state index in [9.17, 15) is 0 Å². The molecule has 0 amide bonds. The van der Waals surface area contributed by atoms with Crippen LogP contribution < -0.4 is 4.74 Å². The van der Waals surface area contributed by atoms with Crippen molar-refractivity contribution in [2.45, 2.75) is 18.7 Å². The van der Waals surface area contributed by atoms with Gasteiger partial charge in [-0.05, 0) is 42.7 Å². The van der Waals surface area contributed by atoms with Crippen LogP contribution in [0.1, 0.15) is 16.7 Å². The summed E-state index contributed by atoms with van der Waals surface area (Å²) in [5.41, 5.74) is 5.18. The molecule has 0 aliphatic carbocycles. The van der Waals surface area contributed by atoms with Gasteiger partial charge in [-0.25, -0.2) is 0 Å². The summed E-state index contributed by atoms with van der Waals surface area (Å²) in [7, 11) is 0. The first-order valence-electron chi connectivity index (χ1n) is 6.86. The minimum atomic E-state index is 0.682. The molecule has 3 rings (SSSR count). The molecule has 1 aliphatic heterocycles. The van der Waals surface area contributed by atoms with Gasteiger partial charge in [-0.3, -0.25) is 0 Å². The molecule has 0 fully saturated rings. The Morgan fingerprint density at radius 2 is 1.80 bits per heavy atom. The van der Waals surface area contributed by atoms with Gasteiger partial charge in [0.25, 0.3) is 0 Å². The molecular weight excluding hydrogens is 264 g/mol. The molecule has 2 heteroatoms. The van der Waals surface area contributed by atoms with Crippen LogP contribution in [-0.2, 0) is 0 Å². The van der Waals surface area contributed by atoms with Crippen LogP contribution in [0.3, 0.4) is 0 Å². The number of ether oxygens (including phenoxy) is 1. The molecule has 1 aliphatic rings. The molecule has 2 aromatic rings. The van der Waals surface area contributed by atoms with E-state index in [-0.39, 0.29) is 0 Å². The molecule has 0 bridgehead atoms. The van der Waals surface area contributed by atoms with Crippen molar-refractivity contribution in [1.82, 2.24) is 0 Å². The lowest BCUT2D eigenvalue weighted by molar-refractivity contribution is 0.355. The van der Waals surface area contributed by atoms with Crippen molar-refractivity contribution in [3.63, 3.8) is 0 Å². The molecule has 1 heterocycles. The van der Waals surface area contributed by atoms with Crippen molar-refractivity contribution in [3.05, 3.63) is 65.2 Å². The third kappa shape index (κ3) is 2.61. The van der Waals surface area contributed by atoms with Gasteiger partial charge in [0.1, 0.15) is 12.4 Å². The van der Waals surface area contributed by atoms with E-state index in [0.29, 0.717) is 6.61 Å². The maximum absolute atomic E-state index is 5.77. The van der Waals surface area contributed by atoms with Gasteiger partial charge in [0.15, 0.2) is 0 Å². The van der Waals surface area contributed by atoms with Crippen LogP contribution in [0.5, 0.6) is 5.75 Å². The van der Waals surface area contributed by atoms with Gasteiger partial charge in [-0.15, -0.1) is 11.8 Å². The molecule has 1 nitrogen and oxygen atoms in total. The fraction of sp³-hybridized carbons (Fsp3) is 0.222. The molecule has 0 atom stereocenters. The monoisotopic (exact) mass is 282 g/mol. The van der Waals surface area contributed by atoms with Crippen LogP contribution in [0.15, 0.2) is 53.4 Å². The predicted octanol–water partition coefficient (Wildman–Crippen LogP) is 4.87. The van der Waals surface area contributed by atoms with Gasteiger partial charge in [0.05, 0.1) is 0 Å². The first kappa shape index (κ1) is 13.3. The molecule has 2 aromatic carbocycles. The summed E-state index contributed by atoms with van der Waals surface area (Å²) < 4.78 is 5.77. The van der Waals surface area contributed by atoms with E-state index in [1.54, 1.807) is 0 Å². The number of benzene rings is 2. The Bertz CT molecular complexity index is 658. The minimum absolute atomic E-state index is 0.682. The number of thioether (sulfide) groups is 1. The van der Waals surface area contributed by atoms with Gasteiger partial charge in [-0.1, -0.05) is 36.4 Å². The molecule has 0 unspecified atom stereocenters. The van der Waals surface area contributed by atoms with Gasteiger partial charge in [0, 0.05) is 16.2 Å². The summed E-state index contributed by atoms with van der Waals surface area (Å²) >= 11 is 1.90. The zero-order valence-electron chi connectivity index (χ0n) is 11.8. The van der Waals surface area contributed by atoms with Gasteiger partial charge in [-0.2, -0.15) is 0 Å². The third-order valence-corrected chi connectivity index (χ3v) is 4.82. The standard InChI is InChI=1S/C18H18OS/c1-13-6-3-4-9-17(13)20-12-15-10-11-19-18-14(2)7-5-8-16(15)18/h3-10H,11-12H2,1-2H3. The molecule has 0 saturated carbocycles. The van der Waals surface area contributed by atoms with Crippen LogP contribution in [0.25, 0.3) is 5.57 Å². The largest absolute Gasteiger partial charge is 0.489 e. The molecule has 0 aromatic heterocycles. The summed E-state index contributed by atoms with van der Waals surface area (Å²) in [6, 6.07) is 14.9. The predicted molar refractivity (Wildman–Crippen MR) is 86.6 cm³/mol. The molecule has 20 heavy (non-hydrogen) atoms. The van der Waals surface area contributed by atoms with Crippen molar-refractivity contribution in [3.8, 4) is 5.75 Å². The molecule has 0 saturated heterocycles. The summed E-state index contributed by atoms with van der Waals surface area (Å²) in [6.07, 6.45) is 2.20. The van der Waals surface area contributed by atoms with E-state index >= 15 is 0 Å². The third-order valence-electron chi connectivity index (χ3n) is 3.59. The van der Waals surface area contributed by atoms with Gasteiger partial charge >= 0.3 is 0 Å². The summed E-state index contributed by atoms with van der Waals surface area (Å²) in [4.78, 5) is 1.36. The lowest BCUT2D eigenvalue weighted by Gasteiger charge is -2.20. The Kier molecular flexibility index (Phi) is 3.83. The SMILES string of the molecule is Cc1ccccc1SCC1=CCOc2c(C)cccc21. The summed E-state index contributed by atoms with van der Waals surface area (Å²) in [5, 5.41) is 0. The van der Waals surface area contributed by atoms with Crippen LogP contribution in [0.4, 0.5) is 0 Å². The van der Waals surface area contributed by atoms with E-state index in [1.807, 2.05) is 11.8 Å². The zero-order valence-corrected chi connectivity index (χ0v) is 12.7. The highest BCUT2D eigenvalue weighted by atomic mass is 32.2. The Balaban J connectivity index is 1.81. The second-order valence-corrected chi connectivity index (χ2v) is 6.06. The highest BCUT2D eigenvalue weighted by molar-refractivity contribution is 7.99.